The smallest absolute Gasteiger partial charge is 0.260 e. The van der Waals surface area contributed by atoms with Gasteiger partial charge in [-0.1, -0.05) is 59.4 Å². The summed E-state index contributed by atoms with van der Waals surface area (Å²) in [5.74, 6) is 0.316. The molecule has 7 heteroatoms. The zero-order chi connectivity index (χ0) is 17.6. The summed E-state index contributed by atoms with van der Waals surface area (Å²) in [5.41, 5.74) is 0.723. The van der Waals surface area contributed by atoms with Gasteiger partial charge in [-0.25, -0.2) is 0 Å². The third-order valence-corrected chi connectivity index (χ3v) is 4.51. The molecule has 2 N–H and O–H groups in total. The zero-order valence-corrected chi connectivity index (χ0v) is 14.0. The van der Waals surface area contributed by atoms with Crippen LogP contribution >= 0.6 is 11.8 Å². The molecular weight excluding hydrogens is 340 g/mol. The van der Waals surface area contributed by atoms with Gasteiger partial charge < -0.3 is 15.2 Å². The van der Waals surface area contributed by atoms with Gasteiger partial charge in [-0.3, -0.25) is 4.79 Å². The third kappa shape index (κ3) is 4.46. The first kappa shape index (κ1) is 17.2. The fraction of sp³-hybridized carbons (Fsp3) is 0.167. The number of aliphatic hydroxyl groups is 1. The van der Waals surface area contributed by atoms with Gasteiger partial charge in [-0.2, -0.15) is 4.91 Å². The van der Waals surface area contributed by atoms with Crippen LogP contribution in [0.3, 0.4) is 0 Å². The summed E-state index contributed by atoms with van der Waals surface area (Å²) in [6.07, 6.45) is 1.69. The topological polar surface area (TPSA) is 88.0 Å². The Hall–Kier alpha value is -2.64. The second-order valence-corrected chi connectivity index (χ2v) is 6.49. The van der Waals surface area contributed by atoms with E-state index in [2.05, 4.69) is 10.5 Å². The second-order valence-electron chi connectivity index (χ2n) is 5.36. The fourth-order valence-electron chi connectivity index (χ4n) is 2.34. The van der Waals surface area contributed by atoms with Crippen molar-refractivity contribution < 1.29 is 14.6 Å². The Balaban J connectivity index is 1.62. The summed E-state index contributed by atoms with van der Waals surface area (Å²) in [6.45, 7) is 0.151. The van der Waals surface area contributed by atoms with Crippen molar-refractivity contribution in [2.24, 2.45) is 5.18 Å². The molecule has 1 aliphatic heterocycles. The van der Waals surface area contributed by atoms with Crippen LogP contribution in [-0.4, -0.2) is 23.2 Å². The molecule has 6 nitrogen and oxygen atoms in total. The Morgan fingerprint density at radius 1 is 1.20 bits per heavy atom. The first-order valence-corrected chi connectivity index (χ1v) is 8.51. The number of carbonyl (C=O) groups is 1. The first-order valence-electron chi connectivity index (χ1n) is 7.63. The lowest BCUT2D eigenvalue weighted by Crippen LogP contribution is -2.23. The number of aliphatic hydroxyl groups excluding tert-OH is 1. The van der Waals surface area contributed by atoms with Crippen molar-refractivity contribution in [2.45, 2.75) is 11.6 Å². The van der Waals surface area contributed by atoms with E-state index >= 15 is 0 Å². The first-order chi connectivity index (χ1) is 12.2. The molecule has 0 bridgehead atoms. The number of amides is 1. The van der Waals surface area contributed by atoms with Crippen molar-refractivity contribution in [1.82, 2.24) is 5.32 Å². The molecule has 0 aromatic heterocycles. The summed E-state index contributed by atoms with van der Waals surface area (Å²) in [6, 6.07) is 15.8. The largest absolute Gasteiger partial charge is 0.491 e. The number of hydrogen-bond donors (Lipinski definition) is 2. The van der Waals surface area contributed by atoms with E-state index in [1.165, 1.54) is 0 Å². The maximum atomic E-state index is 11.6. The van der Waals surface area contributed by atoms with Crippen LogP contribution in [0.5, 0.6) is 5.75 Å². The molecule has 3 rings (SSSR count). The number of carbonyl (C=O) groups excluding carboxylic acids is 1. The van der Waals surface area contributed by atoms with Gasteiger partial charge in [-0.05, 0) is 29.3 Å². The second kappa shape index (κ2) is 7.96. The number of rotatable bonds is 6. The van der Waals surface area contributed by atoms with Gasteiger partial charge in [0, 0.05) is 0 Å². The fourth-order valence-corrected chi connectivity index (χ4v) is 3.11. The van der Waals surface area contributed by atoms with Crippen LogP contribution in [0.4, 0.5) is 0 Å². The molecule has 0 aliphatic carbocycles. The molecule has 0 spiro atoms. The van der Waals surface area contributed by atoms with Crippen LogP contribution in [0.25, 0.3) is 6.08 Å². The van der Waals surface area contributed by atoms with E-state index in [0.717, 1.165) is 22.9 Å². The minimum atomic E-state index is -0.896. The van der Waals surface area contributed by atoms with Gasteiger partial charge in [0.15, 0.2) is 11.6 Å². The number of nitrogens with one attached hydrogen (secondary N) is 1. The normalized spacial score (nSPS) is 19.5. The maximum Gasteiger partial charge on any atom is 0.260 e. The van der Waals surface area contributed by atoms with E-state index in [0.29, 0.717) is 10.7 Å². The maximum absolute atomic E-state index is 11.6. The number of hydrogen-bond acceptors (Lipinski definition) is 6. The van der Waals surface area contributed by atoms with Crippen LogP contribution in [0, 0.1) is 4.91 Å². The van der Waals surface area contributed by atoms with Gasteiger partial charge >= 0.3 is 0 Å². The molecule has 128 valence electrons. The van der Waals surface area contributed by atoms with Crippen LogP contribution in [0.1, 0.15) is 17.2 Å². The number of nitrogens with zero attached hydrogens (tertiary/aromatic N) is 1. The van der Waals surface area contributed by atoms with Crippen molar-refractivity contribution in [2.75, 3.05) is 6.61 Å². The molecule has 2 aromatic rings. The summed E-state index contributed by atoms with van der Waals surface area (Å²) in [7, 11) is 0. The van der Waals surface area contributed by atoms with E-state index in [1.54, 1.807) is 30.3 Å². The quantitative estimate of drug-likeness (QED) is 0.613. The summed E-state index contributed by atoms with van der Waals surface area (Å²) >= 11 is 1.07. The van der Waals surface area contributed by atoms with Crippen molar-refractivity contribution in [3.63, 3.8) is 0 Å². The molecule has 25 heavy (non-hydrogen) atoms. The molecular formula is C18H16N2O4S. The molecule has 0 radical (unpaired) electrons. The average molecular weight is 356 g/mol. The highest BCUT2D eigenvalue weighted by Gasteiger charge is 2.24. The van der Waals surface area contributed by atoms with Gasteiger partial charge in [0.25, 0.3) is 5.91 Å². The Morgan fingerprint density at radius 2 is 1.92 bits per heavy atom. The van der Waals surface area contributed by atoms with E-state index in [-0.39, 0.29) is 12.5 Å². The predicted molar refractivity (Wildman–Crippen MR) is 96.6 cm³/mol. The summed E-state index contributed by atoms with van der Waals surface area (Å²) < 4.78 is 5.64. The minimum absolute atomic E-state index is 0.151. The molecule has 1 fully saturated rings. The molecule has 1 saturated heterocycles. The predicted octanol–water partition coefficient (Wildman–Crippen LogP) is 3.05. The van der Waals surface area contributed by atoms with Crippen LogP contribution in [0.2, 0.25) is 0 Å². The number of thioether (sulfide) groups is 1. The van der Waals surface area contributed by atoms with E-state index in [1.807, 2.05) is 30.3 Å². The van der Waals surface area contributed by atoms with Gasteiger partial charge in [0.1, 0.15) is 12.4 Å². The SMILES string of the molecule is O=NC(COc1ccc(C=C2SC(O)NC2=O)cc1)c1ccccc1. The molecule has 1 aliphatic rings. The van der Waals surface area contributed by atoms with Crippen molar-refractivity contribution in [3.05, 3.63) is 75.5 Å². The molecule has 1 amide bonds. The molecule has 1 heterocycles. The average Bonchev–Trinajstić information content (AvgIpc) is 2.95. The molecule has 0 saturated carbocycles. The van der Waals surface area contributed by atoms with Gasteiger partial charge in [0.2, 0.25) is 0 Å². The Bertz CT molecular complexity index is 777. The van der Waals surface area contributed by atoms with Crippen molar-refractivity contribution >= 4 is 23.7 Å². The number of benzene rings is 2. The monoisotopic (exact) mass is 356 g/mol. The van der Waals surface area contributed by atoms with Gasteiger partial charge in [-0.15, -0.1) is 0 Å². The van der Waals surface area contributed by atoms with Crippen molar-refractivity contribution in [3.8, 4) is 5.75 Å². The van der Waals surface area contributed by atoms with Gasteiger partial charge in [0.05, 0.1) is 4.91 Å². The lowest BCUT2D eigenvalue weighted by atomic mass is 10.1. The van der Waals surface area contributed by atoms with E-state index in [9.17, 15) is 14.8 Å². The Morgan fingerprint density at radius 3 is 2.52 bits per heavy atom. The van der Waals surface area contributed by atoms with Crippen LogP contribution < -0.4 is 10.1 Å². The highest BCUT2D eigenvalue weighted by molar-refractivity contribution is 8.05. The van der Waals surface area contributed by atoms with E-state index < -0.39 is 11.6 Å². The molecule has 2 aromatic carbocycles. The summed E-state index contributed by atoms with van der Waals surface area (Å²) in [5, 5.41) is 14.9. The number of nitroso groups, excluding NO2 is 1. The highest BCUT2D eigenvalue weighted by atomic mass is 32.2. The summed E-state index contributed by atoms with van der Waals surface area (Å²) in [4.78, 5) is 23.1. The minimum Gasteiger partial charge on any atom is -0.491 e. The van der Waals surface area contributed by atoms with Crippen molar-refractivity contribution in [1.29, 1.82) is 0 Å². The lowest BCUT2D eigenvalue weighted by Gasteiger charge is -2.11. The van der Waals surface area contributed by atoms with Crippen LogP contribution in [-0.2, 0) is 4.79 Å². The zero-order valence-electron chi connectivity index (χ0n) is 13.2. The molecule has 2 unspecified atom stereocenters. The number of ether oxygens (including phenoxy) is 1. The third-order valence-electron chi connectivity index (χ3n) is 3.61. The highest BCUT2D eigenvalue weighted by Crippen LogP contribution is 2.28. The Kier molecular flexibility index (Phi) is 5.47. The van der Waals surface area contributed by atoms with E-state index in [4.69, 9.17) is 4.74 Å². The van der Waals surface area contributed by atoms with Crippen LogP contribution in [0.15, 0.2) is 64.7 Å². The standard InChI is InChI=1S/C18H16N2O4S/c21-17-16(25-18(22)19-17)10-12-6-8-14(9-7-12)24-11-15(20-23)13-4-2-1-3-5-13/h1-10,15,18,22H,11H2,(H,19,21). The lowest BCUT2D eigenvalue weighted by molar-refractivity contribution is -0.117. The Labute approximate surface area is 148 Å². The molecule has 2 atom stereocenters.